The zero-order valence-electron chi connectivity index (χ0n) is 11.4. The highest BCUT2D eigenvalue weighted by Gasteiger charge is 2.06. The van der Waals surface area contributed by atoms with Crippen LogP contribution < -0.4 is 0 Å². The summed E-state index contributed by atoms with van der Waals surface area (Å²) >= 11 is 0. The van der Waals surface area contributed by atoms with Gasteiger partial charge in [0.05, 0.1) is 0 Å². The molecule has 0 saturated carbocycles. The lowest BCUT2D eigenvalue weighted by molar-refractivity contribution is -0.140. The summed E-state index contributed by atoms with van der Waals surface area (Å²) in [4.78, 5) is 0. The smallest absolute Gasteiger partial charge is 0.157 e. The van der Waals surface area contributed by atoms with Crippen LogP contribution in [0.25, 0.3) is 0 Å². The van der Waals surface area contributed by atoms with Crippen LogP contribution in [-0.4, -0.2) is 31.2 Å². The summed E-state index contributed by atoms with van der Waals surface area (Å²) in [5.74, 6) is 0. The van der Waals surface area contributed by atoms with E-state index in [1.807, 2.05) is 19.9 Å². The van der Waals surface area contributed by atoms with Gasteiger partial charge < -0.3 is 14.6 Å². The topological polar surface area (TPSA) is 38.7 Å². The average molecular weight is 244 g/mol. The van der Waals surface area contributed by atoms with Crippen molar-refractivity contribution in [1.82, 2.24) is 0 Å². The molecule has 0 aromatic heterocycles. The first-order valence-corrected chi connectivity index (χ1v) is 6.84. The van der Waals surface area contributed by atoms with Crippen molar-refractivity contribution in [1.29, 1.82) is 0 Å². The molecule has 3 heteroatoms. The molecule has 0 heterocycles. The highest BCUT2D eigenvalue weighted by molar-refractivity contribution is 4.80. The number of hydrogen-bond donors (Lipinski definition) is 1. The first-order valence-electron chi connectivity index (χ1n) is 6.84. The molecule has 17 heavy (non-hydrogen) atoms. The van der Waals surface area contributed by atoms with Crippen LogP contribution in [0.5, 0.6) is 0 Å². The summed E-state index contributed by atoms with van der Waals surface area (Å²) < 4.78 is 11.0. The van der Waals surface area contributed by atoms with Crippen molar-refractivity contribution in [2.45, 2.75) is 58.7 Å². The number of hydrogen-bond acceptors (Lipinski definition) is 3. The Morgan fingerprint density at radius 3 is 2.18 bits per heavy atom. The maximum atomic E-state index is 8.59. The molecule has 102 valence electrons. The maximum absolute atomic E-state index is 8.59. The van der Waals surface area contributed by atoms with Gasteiger partial charge in [-0.25, -0.2) is 0 Å². The molecule has 0 unspecified atom stereocenters. The van der Waals surface area contributed by atoms with Gasteiger partial charge in [0, 0.05) is 19.8 Å². The van der Waals surface area contributed by atoms with E-state index < -0.39 is 0 Å². The van der Waals surface area contributed by atoms with Crippen LogP contribution in [0.15, 0.2) is 12.2 Å². The largest absolute Gasteiger partial charge is 0.396 e. The number of unbranched alkanes of at least 4 members (excludes halogenated alkanes) is 3. The van der Waals surface area contributed by atoms with Gasteiger partial charge in [-0.3, -0.25) is 0 Å². The Morgan fingerprint density at radius 1 is 0.941 bits per heavy atom. The van der Waals surface area contributed by atoms with Crippen molar-refractivity contribution in [2.75, 3.05) is 19.8 Å². The highest BCUT2D eigenvalue weighted by atomic mass is 16.7. The van der Waals surface area contributed by atoms with Crippen LogP contribution in [-0.2, 0) is 9.47 Å². The highest BCUT2D eigenvalue weighted by Crippen LogP contribution is 2.10. The van der Waals surface area contributed by atoms with Crippen LogP contribution in [0.1, 0.15) is 52.4 Å². The molecule has 0 spiro atoms. The Bertz CT molecular complexity index is 163. The van der Waals surface area contributed by atoms with Gasteiger partial charge in [-0.1, -0.05) is 18.6 Å². The number of aliphatic hydroxyl groups is 1. The summed E-state index contributed by atoms with van der Waals surface area (Å²) in [6.45, 7) is 5.68. The first-order chi connectivity index (χ1) is 8.35. The Kier molecular flexibility index (Phi) is 13.4. The van der Waals surface area contributed by atoms with Gasteiger partial charge in [0.15, 0.2) is 6.29 Å². The van der Waals surface area contributed by atoms with E-state index in [4.69, 9.17) is 14.6 Å². The van der Waals surface area contributed by atoms with Crippen molar-refractivity contribution in [3.05, 3.63) is 12.2 Å². The van der Waals surface area contributed by atoms with E-state index in [1.54, 1.807) is 0 Å². The van der Waals surface area contributed by atoms with Crippen LogP contribution in [0.3, 0.4) is 0 Å². The predicted molar refractivity (Wildman–Crippen MR) is 71.0 cm³/mol. The Morgan fingerprint density at radius 2 is 1.59 bits per heavy atom. The fourth-order valence-corrected chi connectivity index (χ4v) is 1.65. The maximum Gasteiger partial charge on any atom is 0.157 e. The molecule has 0 aromatic rings. The van der Waals surface area contributed by atoms with Crippen molar-refractivity contribution in [3.63, 3.8) is 0 Å². The van der Waals surface area contributed by atoms with Crippen molar-refractivity contribution < 1.29 is 14.6 Å². The van der Waals surface area contributed by atoms with Gasteiger partial charge in [0.2, 0.25) is 0 Å². The normalized spacial score (nSPS) is 11.8. The first kappa shape index (κ1) is 16.6. The Labute approximate surface area is 106 Å². The second-order valence-electron chi connectivity index (χ2n) is 3.96. The van der Waals surface area contributed by atoms with E-state index in [2.05, 4.69) is 6.08 Å². The van der Waals surface area contributed by atoms with E-state index in [1.165, 1.54) is 12.8 Å². The quantitative estimate of drug-likeness (QED) is 0.325. The fourth-order valence-electron chi connectivity index (χ4n) is 1.65. The number of rotatable bonds is 12. The molecule has 0 aromatic carbocycles. The molecule has 0 radical (unpaired) electrons. The van der Waals surface area contributed by atoms with Crippen LogP contribution in [0.4, 0.5) is 0 Å². The minimum atomic E-state index is -0.0186. The van der Waals surface area contributed by atoms with Gasteiger partial charge in [0.25, 0.3) is 0 Å². The van der Waals surface area contributed by atoms with Gasteiger partial charge >= 0.3 is 0 Å². The molecule has 0 atom stereocenters. The standard InChI is InChI=1S/C14H28O3/c1-3-16-14(17-4-2)12-10-8-6-5-7-9-11-13-15/h7,9,14-15H,3-6,8,10-13H2,1-2H3/b9-7+. The predicted octanol–water partition coefficient (Wildman–Crippen LogP) is 3.27. The molecule has 1 N–H and O–H groups in total. The van der Waals surface area contributed by atoms with Gasteiger partial charge in [-0.15, -0.1) is 0 Å². The summed E-state index contributed by atoms with van der Waals surface area (Å²) in [5, 5.41) is 8.59. The molecule has 0 saturated heterocycles. The van der Waals surface area contributed by atoms with E-state index in [-0.39, 0.29) is 12.9 Å². The Balaban J connectivity index is 3.35. The monoisotopic (exact) mass is 244 g/mol. The number of aliphatic hydroxyl groups excluding tert-OH is 1. The van der Waals surface area contributed by atoms with E-state index in [0.29, 0.717) is 13.2 Å². The minimum Gasteiger partial charge on any atom is -0.396 e. The molecule has 0 amide bonds. The summed E-state index contributed by atoms with van der Waals surface area (Å²) in [5.41, 5.74) is 0. The van der Waals surface area contributed by atoms with Crippen LogP contribution >= 0.6 is 0 Å². The molecule has 3 nitrogen and oxygen atoms in total. The number of ether oxygens (including phenoxy) is 2. The fraction of sp³-hybridized carbons (Fsp3) is 0.857. The van der Waals surface area contributed by atoms with E-state index >= 15 is 0 Å². The molecule has 0 bridgehead atoms. The molecule has 0 aliphatic heterocycles. The number of allylic oxidation sites excluding steroid dienone is 1. The van der Waals surface area contributed by atoms with E-state index in [9.17, 15) is 0 Å². The van der Waals surface area contributed by atoms with E-state index in [0.717, 1.165) is 25.7 Å². The van der Waals surface area contributed by atoms with Gasteiger partial charge in [-0.2, -0.15) is 0 Å². The third-order valence-corrected chi connectivity index (χ3v) is 2.48. The zero-order valence-corrected chi connectivity index (χ0v) is 11.4. The summed E-state index contributed by atoms with van der Waals surface area (Å²) in [6, 6.07) is 0. The molecule has 0 rings (SSSR count). The van der Waals surface area contributed by atoms with Crippen molar-refractivity contribution >= 4 is 0 Å². The third-order valence-electron chi connectivity index (χ3n) is 2.48. The molecular formula is C14H28O3. The SMILES string of the molecule is CCOC(CCCCC/C=C/CCO)OCC. The van der Waals surface area contributed by atoms with Crippen LogP contribution in [0, 0.1) is 0 Å². The minimum absolute atomic E-state index is 0.0186. The lowest BCUT2D eigenvalue weighted by Crippen LogP contribution is -2.17. The lowest BCUT2D eigenvalue weighted by atomic mass is 10.1. The molecular weight excluding hydrogens is 216 g/mol. The summed E-state index contributed by atoms with van der Waals surface area (Å²) in [6.07, 6.45) is 10.6. The average Bonchev–Trinajstić information content (AvgIpc) is 2.33. The van der Waals surface area contributed by atoms with Gasteiger partial charge in [0.1, 0.15) is 0 Å². The molecule has 0 aliphatic carbocycles. The zero-order chi connectivity index (χ0) is 12.8. The second-order valence-corrected chi connectivity index (χ2v) is 3.96. The van der Waals surface area contributed by atoms with Crippen LogP contribution in [0.2, 0.25) is 0 Å². The second kappa shape index (κ2) is 13.7. The van der Waals surface area contributed by atoms with Crippen molar-refractivity contribution in [3.8, 4) is 0 Å². The molecule has 0 aliphatic rings. The van der Waals surface area contributed by atoms with Crippen molar-refractivity contribution in [2.24, 2.45) is 0 Å². The summed E-state index contributed by atoms with van der Waals surface area (Å²) in [7, 11) is 0. The lowest BCUT2D eigenvalue weighted by Gasteiger charge is -2.16. The molecule has 0 fully saturated rings. The third kappa shape index (κ3) is 11.9. The Hall–Kier alpha value is -0.380. The van der Waals surface area contributed by atoms with Gasteiger partial charge in [-0.05, 0) is 46.0 Å².